The lowest BCUT2D eigenvalue weighted by Crippen LogP contribution is -2.17. The van der Waals surface area contributed by atoms with Crippen LogP contribution >= 0.6 is 23.4 Å². The second kappa shape index (κ2) is 7.90. The summed E-state index contributed by atoms with van der Waals surface area (Å²) in [4.78, 5) is 18.2. The molecule has 0 atom stereocenters. The molecule has 2 heterocycles. The zero-order chi connectivity index (χ0) is 18.6. The highest BCUT2D eigenvalue weighted by Crippen LogP contribution is 2.38. The zero-order valence-electron chi connectivity index (χ0n) is 14.1. The number of rotatable bonds is 4. The standard InChI is InChI=1S/C20H15ClN2O3S/c21-15-11-17-18(26-10-9-25-17)12-16(15)23-19(24)14-7-4-8-22-20(14)27-13-5-2-1-3-6-13/h1-8,11-12H,9-10H2,(H,23,24). The Labute approximate surface area is 165 Å². The van der Waals surface area contributed by atoms with Crippen LogP contribution in [0.4, 0.5) is 5.69 Å². The summed E-state index contributed by atoms with van der Waals surface area (Å²) in [6.45, 7) is 0.938. The Hall–Kier alpha value is -2.70. The van der Waals surface area contributed by atoms with E-state index in [1.165, 1.54) is 11.8 Å². The second-order valence-corrected chi connectivity index (χ2v) is 7.17. The van der Waals surface area contributed by atoms with Crippen LogP contribution in [0.15, 0.2) is 70.7 Å². The average molecular weight is 399 g/mol. The van der Waals surface area contributed by atoms with Gasteiger partial charge in [-0.15, -0.1) is 0 Å². The first-order valence-corrected chi connectivity index (χ1v) is 9.48. The summed E-state index contributed by atoms with van der Waals surface area (Å²) >= 11 is 7.72. The molecule has 0 saturated carbocycles. The van der Waals surface area contributed by atoms with Crippen molar-refractivity contribution in [3.8, 4) is 11.5 Å². The van der Waals surface area contributed by atoms with Crippen molar-refractivity contribution in [2.45, 2.75) is 9.92 Å². The van der Waals surface area contributed by atoms with E-state index < -0.39 is 0 Å². The minimum absolute atomic E-state index is 0.292. The highest BCUT2D eigenvalue weighted by molar-refractivity contribution is 7.99. The maximum Gasteiger partial charge on any atom is 0.258 e. The molecule has 0 spiro atoms. The van der Waals surface area contributed by atoms with Crippen molar-refractivity contribution in [1.82, 2.24) is 4.98 Å². The summed E-state index contributed by atoms with van der Waals surface area (Å²) in [7, 11) is 0. The Morgan fingerprint density at radius 2 is 1.78 bits per heavy atom. The van der Waals surface area contributed by atoms with Crippen molar-refractivity contribution in [3.63, 3.8) is 0 Å². The van der Waals surface area contributed by atoms with Crippen LogP contribution in [-0.4, -0.2) is 24.1 Å². The van der Waals surface area contributed by atoms with Gasteiger partial charge in [-0.05, 0) is 24.3 Å². The van der Waals surface area contributed by atoms with Gasteiger partial charge < -0.3 is 14.8 Å². The molecule has 136 valence electrons. The van der Waals surface area contributed by atoms with E-state index in [9.17, 15) is 4.79 Å². The summed E-state index contributed by atoms with van der Waals surface area (Å²) in [5, 5.41) is 3.85. The topological polar surface area (TPSA) is 60.5 Å². The molecule has 0 fully saturated rings. The molecular formula is C20H15ClN2O3S. The number of amides is 1. The normalized spacial score (nSPS) is 12.5. The molecule has 1 aromatic heterocycles. The Balaban J connectivity index is 1.59. The number of pyridine rings is 1. The molecule has 4 rings (SSSR count). The van der Waals surface area contributed by atoms with E-state index in [4.69, 9.17) is 21.1 Å². The predicted octanol–water partition coefficient (Wildman–Crippen LogP) is 4.91. The van der Waals surface area contributed by atoms with Gasteiger partial charge >= 0.3 is 0 Å². The number of carbonyl (C=O) groups is 1. The highest BCUT2D eigenvalue weighted by Gasteiger charge is 2.19. The van der Waals surface area contributed by atoms with Crippen molar-refractivity contribution in [2.75, 3.05) is 18.5 Å². The van der Waals surface area contributed by atoms with Crippen LogP contribution in [0.5, 0.6) is 11.5 Å². The number of hydrogen-bond acceptors (Lipinski definition) is 5. The molecule has 7 heteroatoms. The lowest BCUT2D eigenvalue weighted by atomic mass is 10.2. The van der Waals surface area contributed by atoms with E-state index in [-0.39, 0.29) is 5.91 Å². The minimum Gasteiger partial charge on any atom is -0.486 e. The first-order chi connectivity index (χ1) is 13.2. The Kier molecular flexibility index (Phi) is 5.18. The molecule has 0 bridgehead atoms. The summed E-state index contributed by atoms with van der Waals surface area (Å²) in [6, 6.07) is 16.6. The maximum atomic E-state index is 12.9. The maximum absolute atomic E-state index is 12.9. The fourth-order valence-corrected chi connectivity index (χ4v) is 3.70. The predicted molar refractivity (Wildman–Crippen MR) is 105 cm³/mol. The molecule has 0 aliphatic carbocycles. The lowest BCUT2D eigenvalue weighted by molar-refractivity contribution is 0.102. The van der Waals surface area contributed by atoms with Crippen LogP contribution in [0.3, 0.4) is 0 Å². The molecule has 1 amide bonds. The van der Waals surface area contributed by atoms with Crippen LogP contribution < -0.4 is 14.8 Å². The third-order valence-corrected chi connectivity index (χ3v) is 5.19. The van der Waals surface area contributed by atoms with Crippen LogP contribution in [0.1, 0.15) is 10.4 Å². The van der Waals surface area contributed by atoms with E-state index in [2.05, 4.69) is 10.3 Å². The number of halogens is 1. The SMILES string of the molecule is O=C(Nc1cc2c(cc1Cl)OCCO2)c1cccnc1Sc1ccccc1. The second-order valence-electron chi connectivity index (χ2n) is 5.70. The first-order valence-electron chi connectivity index (χ1n) is 8.29. The van der Waals surface area contributed by atoms with Gasteiger partial charge in [-0.3, -0.25) is 4.79 Å². The third kappa shape index (κ3) is 4.02. The molecule has 0 radical (unpaired) electrons. The van der Waals surface area contributed by atoms with Gasteiger partial charge in [-0.2, -0.15) is 0 Å². The molecule has 1 aliphatic rings. The molecule has 0 unspecified atom stereocenters. The minimum atomic E-state index is -0.292. The van der Waals surface area contributed by atoms with Crippen LogP contribution in [0, 0.1) is 0 Å². The van der Waals surface area contributed by atoms with Crippen molar-refractivity contribution in [2.24, 2.45) is 0 Å². The number of hydrogen-bond donors (Lipinski definition) is 1. The molecule has 1 N–H and O–H groups in total. The monoisotopic (exact) mass is 398 g/mol. The smallest absolute Gasteiger partial charge is 0.258 e. The quantitative estimate of drug-likeness (QED) is 0.676. The molecule has 0 saturated heterocycles. The summed E-state index contributed by atoms with van der Waals surface area (Å²) in [6.07, 6.45) is 1.67. The Morgan fingerprint density at radius 3 is 2.56 bits per heavy atom. The van der Waals surface area contributed by atoms with E-state index in [0.29, 0.717) is 46.0 Å². The molecule has 27 heavy (non-hydrogen) atoms. The van der Waals surface area contributed by atoms with Gasteiger partial charge in [-0.25, -0.2) is 4.98 Å². The molecule has 5 nitrogen and oxygen atoms in total. The highest BCUT2D eigenvalue weighted by atomic mass is 35.5. The van der Waals surface area contributed by atoms with Crippen molar-refractivity contribution < 1.29 is 14.3 Å². The molecule has 2 aromatic carbocycles. The van der Waals surface area contributed by atoms with Gasteiger partial charge in [0.15, 0.2) is 11.5 Å². The first kappa shape index (κ1) is 17.7. The number of ether oxygens (including phenoxy) is 2. The number of nitrogens with zero attached hydrogens (tertiary/aromatic N) is 1. The van der Waals surface area contributed by atoms with Gasteiger partial charge in [-0.1, -0.05) is 41.6 Å². The van der Waals surface area contributed by atoms with E-state index in [1.54, 1.807) is 30.5 Å². The summed E-state index contributed by atoms with van der Waals surface area (Å²) < 4.78 is 11.1. The van der Waals surface area contributed by atoms with Crippen molar-refractivity contribution >= 4 is 35.0 Å². The number of carbonyl (C=O) groups excluding carboxylic acids is 1. The van der Waals surface area contributed by atoms with Crippen molar-refractivity contribution in [1.29, 1.82) is 0 Å². The van der Waals surface area contributed by atoms with Crippen LogP contribution in [-0.2, 0) is 0 Å². The van der Waals surface area contributed by atoms with Gasteiger partial charge in [0, 0.05) is 23.2 Å². The number of aromatic nitrogens is 1. The van der Waals surface area contributed by atoms with Gasteiger partial charge in [0.25, 0.3) is 5.91 Å². The number of fused-ring (bicyclic) bond motifs is 1. The van der Waals surface area contributed by atoms with E-state index in [1.807, 2.05) is 30.3 Å². The van der Waals surface area contributed by atoms with Crippen LogP contribution in [0.25, 0.3) is 0 Å². The Morgan fingerprint density at radius 1 is 1.04 bits per heavy atom. The summed E-state index contributed by atoms with van der Waals surface area (Å²) in [5.41, 5.74) is 0.933. The van der Waals surface area contributed by atoms with Crippen LogP contribution in [0.2, 0.25) is 5.02 Å². The van der Waals surface area contributed by atoms with Gasteiger partial charge in [0.1, 0.15) is 18.2 Å². The fourth-order valence-electron chi connectivity index (χ4n) is 2.59. The Bertz CT molecular complexity index is 982. The molecule has 1 aliphatic heterocycles. The largest absolute Gasteiger partial charge is 0.486 e. The van der Waals surface area contributed by atoms with Gasteiger partial charge in [0.2, 0.25) is 0 Å². The molecular weight excluding hydrogens is 384 g/mol. The van der Waals surface area contributed by atoms with E-state index >= 15 is 0 Å². The number of anilines is 1. The van der Waals surface area contributed by atoms with Gasteiger partial charge in [0.05, 0.1) is 16.3 Å². The van der Waals surface area contributed by atoms with Crippen molar-refractivity contribution in [3.05, 3.63) is 71.4 Å². The average Bonchev–Trinajstić information content (AvgIpc) is 2.70. The lowest BCUT2D eigenvalue weighted by Gasteiger charge is -2.20. The zero-order valence-corrected chi connectivity index (χ0v) is 15.7. The number of nitrogens with one attached hydrogen (secondary N) is 1. The number of benzene rings is 2. The molecule has 3 aromatic rings. The fraction of sp³-hybridized carbons (Fsp3) is 0.100. The van der Waals surface area contributed by atoms with E-state index in [0.717, 1.165) is 4.90 Å². The third-order valence-electron chi connectivity index (χ3n) is 3.85. The summed E-state index contributed by atoms with van der Waals surface area (Å²) in [5.74, 6) is 0.845.